The lowest BCUT2D eigenvalue weighted by Gasteiger charge is -2.22. The van der Waals surface area contributed by atoms with Gasteiger partial charge in [0.1, 0.15) is 0 Å². The van der Waals surface area contributed by atoms with Gasteiger partial charge in [-0.2, -0.15) is 4.31 Å². The monoisotopic (exact) mass is 434 g/mol. The Morgan fingerprint density at radius 2 is 1.73 bits per heavy atom. The average Bonchev–Trinajstić information content (AvgIpc) is 2.71. The third-order valence-corrected chi connectivity index (χ3v) is 6.77. The molecule has 0 heterocycles. The van der Waals surface area contributed by atoms with Crippen LogP contribution in [0.3, 0.4) is 0 Å². The molecule has 164 valence electrons. The summed E-state index contributed by atoms with van der Waals surface area (Å²) in [5.41, 5.74) is 3.27. The Kier molecular flexibility index (Phi) is 7.86. The number of ether oxygens (including phenoxy) is 2. The van der Waals surface area contributed by atoms with Crippen LogP contribution in [0.25, 0.3) is 0 Å². The van der Waals surface area contributed by atoms with E-state index < -0.39 is 10.0 Å². The number of methoxy groups -OCH3 is 2. The number of rotatable bonds is 9. The van der Waals surface area contributed by atoms with Crippen molar-refractivity contribution in [3.05, 3.63) is 53.1 Å². The number of likely N-dealkylation sites (N-methyl/N-ethyl adjacent to an activating group) is 1. The van der Waals surface area contributed by atoms with Crippen molar-refractivity contribution < 1.29 is 22.7 Å². The maximum atomic E-state index is 12.9. The van der Waals surface area contributed by atoms with E-state index in [4.69, 9.17) is 9.47 Å². The van der Waals surface area contributed by atoms with Crippen LogP contribution in [0.2, 0.25) is 0 Å². The zero-order valence-electron chi connectivity index (χ0n) is 18.4. The molecule has 0 fully saturated rings. The first-order valence-corrected chi connectivity index (χ1v) is 11.1. The summed E-state index contributed by atoms with van der Waals surface area (Å²) in [6.07, 6.45) is 0.696. The Bertz CT molecular complexity index is 1000. The van der Waals surface area contributed by atoms with Gasteiger partial charge in [0.2, 0.25) is 15.9 Å². The van der Waals surface area contributed by atoms with Crippen molar-refractivity contribution in [3.8, 4) is 11.5 Å². The van der Waals surface area contributed by atoms with Crippen LogP contribution in [0.1, 0.15) is 36.1 Å². The number of nitrogens with one attached hydrogen (secondary N) is 1. The number of amides is 1. The molecule has 1 N–H and O–H groups in total. The van der Waals surface area contributed by atoms with Gasteiger partial charge in [0.25, 0.3) is 0 Å². The molecule has 0 aliphatic carbocycles. The van der Waals surface area contributed by atoms with Gasteiger partial charge in [-0.3, -0.25) is 4.79 Å². The van der Waals surface area contributed by atoms with E-state index >= 15 is 0 Å². The van der Waals surface area contributed by atoms with Gasteiger partial charge < -0.3 is 14.8 Å². The zero-order valence-corrected chi connectivity index (χ0v) is 19.2. The minimum absolute atomic E-state index is 0.0249. The molecule has 0 aromatic heterocycles. The third kappa shape index (κ3) is 5.31. The number of carbonyl (C=O) groups excluding carboxylic acids is 1. The van der Waals surface area contributed by atoms with Gasteiger partial charge in [-0.25, -0.2) is 8.42 Å². The van der Waals surface area contributed by atoms with E-state index in [-0.39, 0.29) is 23.4 Å². The van der Waals surface area contributed by atoms with Gasteiger partial charge in [-0.15, -0.1) is 0 Å². The molecule has 2 rings (SSSR count). The zero-order chi connectivity index (χ0) is 22.5. The molecular weight excluding hydrogens is 404 g/mol. The summed E-state index contributed by atoms with van der Waals surface area (Å²) in [6, 6.07) is 10.2. The van der Waals surface area contributed by atoms with Crippen molar-refractivity contribution in [2.75, 3.05) is 27.8 Å². The van der Waals surface area contributed by atoms with Crippen molar-refractivity contribution in [2.24, 2.45) is 0 Å². The highest BCUT2D eigenvalue weighted by molar-refractivity contribution is 7.89. The molecule has 0 aliphatic rings. The number of sulfonamides is 1. The van der Waals surface area contributed by atoms with Crippen molar-refractivity contribution in [3.63, 3.8) is 0 Å². The first-order chi connectivity index (χ1) is 14.1. The molecule has 0 saturated carbocycles. The fourth-order valence-electron chi connectivity index (χ4n) is 3.30. The highest BCUT2D eigenvalue weighted by Crippen LogP contribution is 2.30. The van der Waals surface area contributed by atoms with Crippen LogP contribution < -0.4 is 14.8 Å². The van der Waals surface area contributed by atoms with Crippen molar-refractivity contribution in [1.82, 2.24) is 9.62 Å². The van der Waals surface area contributed by atoms with Crippen LogP contribution in [-0.4, -0.2) is 46.4 Å². The SMILES string of the molecule is CC[C@@H](NC(=O)CN(C)S(=O)(=O)c1ccc(OC)c(OC)c1)c1ccc(C)cc1C. The summed E-state index contributed by atoms with van der Waals surface area (Å²) in [4.78, 5) is 12.6. The molecular formula is C22H30N2O5S. The molecule has 2 aromatic carbocycles. The molecule has 2 aromatic rings. The third-order valence-electron chi connectivity index (χ3n) is 4.97. The van der Waals surface area contributed by atoms with Crippen LogP contribution in [0, 0.1) is 13.8 Å². The molecule has 1 atom stereocenters. The first kappa shape index (κ1) is 23.7. The lowest BCUT2D eigenvalue weighted by molar-refractivity contribution is -0.121. The Hall–Kier alpha value is -2.58. The van der Waals surface area contributed by atoms with Crippen LogP contribution in [0.4, 0.5) is 0 Å². The standard InChI is InChI=1S/C22H30N2O5S/c1-7-19(18-10-8-15(2)12-16(18)3)23-22(25)14-24(4)30(26,27)17-9-11-20(28-5)21(13-17)29-6/h8-13,19H,7,14H2,1-6H3,(H,23,25)/t19-/m1/s1. The smallest absolute Gasteiger partial charge is 0.243 e. The molecule has 0 radical (unpaired) electrons. The maximum Gasteiger partial charge on any atom is 0.243 e. The van der Waals surface area contributed by atoms with Gasteiger partial charge >= 0.3 is 0 Å². The van der Waals surface area contributed by atoms with Crippen LogP contribution in [-0.2, 0) is 14.8 Å². The van der Waals surface area contributed by atoms with E-state index in [1.807, 2.05) is 32.9 Å². The number of nitrogens with zero attached hydrogens (tertiary/aromatic N) is 1. The van der Waals surface area contributed by atoms with Crippen molar-refractivity contribution in [1.29, 1.82) is 0 Å². The maximum absolute atomic E-state index is 12.9. The predicted molar refractivity (Wildman–Crippen MR) is 116 cm³/mol. The number of benzene rings is 2. The molecule has 0 aliphatic heterocycles. The molecule has 7 nitrogen and oxygen atoms in total. The lowest BCUT2D eigenvalue weighted by atomic mass is 9.97. The van der Waals surface area contributed by atoms with E-state index in [0.29, 0.717) is 17.9 Å². The van der Waals surface area contributed by atoms with E-state index in [9.17, 15) is 13.2 Å². The lowest BCUT2D eigenvalue weighted by Crippen LogP contribution is -2.39. The number of hydrogen-bond donors (Lipinski definition) is 1. The van der Waals surface area contributed by atoms with Gasteiger partial charge in [0.15, 0.2) is 11.5 Å². The fraction of sp³-hybridized carbons (Fsp3) is 0.409. The fourth-order valence-corrected chi connectivity index (χ4v) is 4.44. The number of carbonyl (C=O) groups is 1. The molecule has 1 amide bonds. The summed E-state index contributed by atoms with van der Waals surface area (Å²) >= 11 is 0. The Labute approximate surface area is 179 Å². The van der Waals surface area contributed by atoms with Gasteiger partial charge in [-0.05, 0) is 43.5 Å². The quantitative estimate of drug-likeness (QED) is 0.655. The van der Waals surface area contributed by atoms with Crippen LogP contribution in [0.15, 0.2) is 41.3 Å². The molecule has 0 unspecified atom stereocenters. The summed E-state index contributed by atoms with van der Waals surface area (Å²) in [6.45, 7) is 5.71. The average molecular weight is 435 g/mol. The molecule has 0 bridgehead atoms. The predicted octanol–water partition coefficient (Wildman–Crippen LogP) is 3.21. The Morgan fingerprint density at radius 3 is 2.30 bits per heavy atom. The molecule has 0 spiro atoms. The van der Waals surface area contributed by atoms with E-state index in [0.717, 1.165) is 21.0 Å². The second-order valence-electron chi connectivity index (χ2n) is 7.17. The largest absolute Gasteiger partial charge is 0.493 e. The Morgan fingerprint density at radius 1 is 1.07 bits per heavy atom. The number of aryl methyl sites for hydroxylation is 2. The molecule has 0 saturated heterocycles. The highest BCUT2D eigenvalue weighted by Gasteiger charge is 2.25. The van der Waals surface area contributed by atoms with E-state index in [1.54, 1.807) is 0 Å². The van der Waals surface area contributed by atoms with Crippen LogP contribution in [0.5, 0.6) is 11.5 Å². The Balaban J connectivity index is 2.15. The molecule has 8 heteroatoms. The van der Waals surface area contributed by atoms with Gasteiger partial charge in [0.05, 0.1) is 31.7 Å². The van der Waals surface area contributed by atoms with Crippen molar-refractivity contribution >= 4 is 15.9 Å². The molecule has 30 heavy (non-hydrogen) atoms. The minimum Gasteiger partial charge on any atom is -0.493 e. The minimum atomic E-state index is -3.88. The van der Waals surface area contributed by atoms with E-state index in [1.165, 1.54) is 39.5 Å². The highest BCUT2D eigenvalue weighted by atomic mass is 32.2. The van der Waals surface area contributed by atoms with Gasteiger partial charge in [-0.1, -0.05) is 30.7 Å². The summed E-state index contributed by atoms with van der Waals surface area (Å²) in [5, 5.41) is 2.95. The normalized spacial score (nSPS) is 12.5. The van der Waals surface area contributed by atoms with E-state index in [2.05, 4.69) is 11.4 Å². The second-order valence-corrected chi connectivity index (χ2v) is 9.21. The first-order valence-electron chi connectivity index (χ1n) is 9.68. The topological polar surface area (TPSA) is 84.9 Å². The number of hydrogen-bond acceptors (Lipinski definition) is 5. The second kappa shape index (κ2) is 9.95. The van der Waals surface area contributed by atoms with Gasteiger partial charge in [0, 0.05) is 13.1 Å². The summed E-state index contributed by atoms with van der Waals surface area (Å²) in [7, 11) is 0.412. The van der Waals surface area contributed by atoms with Crippen LogP contribution >= 0.6 is 0 Å². The van der Waals surface area contributed by atoms with Crippen molar-refractivity contribution in [2.45, 2.75) is 38.1 Å². The summed E-state index contributed by atoms with van der Waals surface area (Å²) < 4.78 is 37.2. The summed E-state index contributed by atoms with van der Waals surface area (Å²) in [5.74, 6) is 0.363.